The van der Waals surface area contributed by atoms with Gasteiger partial charge in [-0.05, 0) is 43.9 Å². The third-order valence-corrected chi connectivity index (χ3v) is 3.92. The summed E-state index contributed by atoms with van der Waals surface area (Å²) < 4.78 is 0. The lowest BCUT2D eigenvalue weighted by Gasteiger charge is -2.26. The Kier molecular flexibility index (Phi) is 2.17. The lowest BCUT2D eigenvalue weighted by Crippen LogP contribution is -2.29. The summed E-state index contributed by atoms with van der Waals surface area (Å²) in [7, 11) is 0. The van der Waals surface area contributed by atoms with Crippen molar-refractivity contribution in [2.45, 2.75) is 39.0 Å². The highest BCUT2D eigenvalue weighted by Crippen LogP contribution is 2.61. The maximum absolute atomic E-state index is 11.3. The average molecular weight is 194 g/mol. The van der Waals surface area contributed by atoms with E-state index in [4.69, 9.17) is 0 Å². The number of carboxylic acid groups (broad SMARTS) is 1. The molecule has 2 heteroatoms. The standard InChI is InChI=1S/C12H18O2/c1-3-8(2)5-12(11(13)14)6-9-4-10(9)7-12/h9-10H,2-7H2,1H3,(H,13,14). The number of aliphatic carboxylic acids is 1. The first-order chi connectivity index (χ1) is 6.57. The Labute approximate surface area is 85.0 Å². The van der Waals surface area contributed by atoms with E-state index in [9.17, 15) is 9.90 Å². The van der Waals surface area contributed by atoms with E-state index in [1.807, 2.05) is 6.92 Å². The minimum atomic E-state index is -0.598. The van der Waals surface area contributed by atoms with Crippen molar-refractivity contribution in [2.24, 2.45) is 17.3 Å². The van der Waals surface area contributed by atoms with Crippen molar-refractivity contribution in [2.75, 3.05) is 0 Å². The first-order valence-electron chi connectivity index (χ1n) is 5.47. The summed E-state index contributed by atoms with van der Waals surface area (Å²) in [6.45, 7) is 5.99. The van der Waals surface area contributed by atoms with Crippen LogP contribution >= 0.6 is 0 Å². The van der Waals surface area contributed by atoms with E-state index >= 15 is 0 Å². The van der Waals surface area contributed by atoms with E-state index in [2.05, 4.69) is 6.58 Å². The molecule has 2 fully saturated rings. The molecule has 2 aliphatic rings. The molecular formula is C12H18O2. The predicted octanol–water partition coefficient (Wildman–Crippen LogP) is 2.84. The fourth-order valence-corrected chi connectivity index (χ4v) is 2.90. The average Bonchev–Trinajstić information content (AvgIpc) is 2.74. The predicted molar refractivity (Wildman–Crippen MR) is 54.9 cm³/mol. The topological polar surface area (TPSA) is 37.3 Å². The van der Waals surface area contributed by atoms with Crippen LogP contribution in [0, 0.1) is 17.3 Å². The summed E-state index contributed by atoms with van der Waals surface area (Å²) >= 11 is 0. The number of rotatable bonds is 4. The van der Waals surface area contributed by atoms with E-state index < -0.39 is 11.4 Å². The third kappa shape index (κ3) is 1.47. The van der Waals surface area contributed by atoms with Crippen LogP contribution in [-0.4, -0.2) is 11.1 Å². The smallest absolute Gasteiger partial charge is 0.309 e. The molecule has 2 atom stereocenters. The molecule has 2 saturated carbocycles. The van der Waals surface area contributed by atoms with Gasteiger partial charge in [0.1, 0.15) is 0 Å². The molecule has 0 radical (unpaired) electrons. The minimum Gasteiger partial charge on any atom is -0.481 e. The molecule has 0 aromatic carbocycles. The molecule has 14 heavy (non-hydrogen) atoms. The summed E-state index contributed by atoms with van der Waals surface area (Å²) in [6, 6.07) is 0. The molecule has 0 heterocycles. The van der Waals surface area contributed by atoms with Gasteiger partial charge < -0.3 is 5.11 Å². The number of allylic oxidation sites excluding steroid dienone is 1. The highest BCUT2D eigenvalue weighted by atomic mass is 16.4. The summed E-state index contributed by atoms with van der Waals surface area (Å²) in [5.74, 6) is 0.839. The van der Waals surface area contributed by atoms with Crippen LogP contribution < -0.4 is 0 Å². The van der Waals surface area contributed by atoms with E-state index in [0.29, 0.717) is 6.42 Å². The van der Waals surface area contributed by atoms with Gasteiger partial charge in [-0.25, -0.2) is 0 Å². The Morgan fingerprint density at radius 3 is 2.50 bits per heavy atom. The van der Waals surface area contributed by atoms with Crippen LogP contribution in [0.3, 0.4) is 0 Å². The zero-order valence-electron chi connectivity index (χ0n) is 8.75. The molecular weight excluding hydrogens is 176 g/mol. The molecule has 0 spiro atoms. The van der Waals surface area contributed by atoms with Crippen molar-refractivity contribution in [1.29, 1.82) is 0 Å². The highest BCUT2D eigenvalue weighted by molar-refractivity contribution is 5.76. The molecule has 0 saturated heterocycles. The molecule has 0 aromatic rings. The first kappa shape index (κ1) is 9.75. The van der Waals surface area contributed by atoms with E-state index in [1.54, 1.807) is 0 Å². The van der Waals surface area contributed by atoms with Crippen molar-refractivity contribution < 1.29 is 9.90 Å². The molecule has 2 unspecified atom stereocenters. The number of fused-ring (bicyclic) bond motifs is 1. The van der Waals surface area contributed by atoms with Crippen molar-refractivity contribution in [3.8, 4) is 0 Å². The quantitative estimate of drug-likeness (QED) is 0.699. The first-order valence-corrected chi connectivity index (χ1v) is 5.47. The van der Waals surface area contributed by atoms with E-state index in [0.717, 1.165) is 36.7 Å². The van der Waals surface area contributed by atoms with Crippen LogP contribution in [0.1, 0.15) is 39.0 Å². The van der Waals surface area contributed by atoms with Crippen LogP contribution in [0.2, 0.25) is 0 Å². The summed E-state index contributed by atoms with van der Waals surface area (Å²) in [4.78, 5) is 11.3. The molecule has 0 bridgehead atoms. The van der Waals surface area contributed by atoms with Gasteiger partial charge in [-0.3, -0.25) is 4.79 Å². The van der Waals surface area contributed by atoms with Crippen molar-refractivity contribution in [1.82, 2.24) is 0 Å². The SMILES string of the molecule is C=C(CC)CC1(C(=O)O)CC2CC2C1. The molecule has 2 rings (SSSR count). The largest absolute Gasteiger partial charge is 0.481 e. The van der Waals surface area contributed by atoms with Crippen molar-refractivity contribution >= 4 is 5.97 Å². The van der Waals surface area contributed by atoms with Crippen molar-refractivity contribution in [3.05, 3.63) is 12.2 Å². The lowest BCUT2D eigenvalue weighted by atomic mass is 9.77. The summed E-state index contributed by atoms with van der Waals surface area (Å²) in [5, 5.41) is 9.31. The number of hydrogen-bond acceptors (Lipinski definition) is 1. The van der Waals surface area contributed by atoms with Gasteiger partial charge >= 0.3 is 5.97 Å². The molecule has 0 aromatic heterocycles. The number of carboxylic acids is 1. The van der Waals surface area contributed by atoms with Crippen LogP contribution in [-0.2, 0) is 4.79 Å². The van der Waals surface area contributed by atoms with Gasteiger partial charge in [-0.1, -0.05) is 19.1 Å². The van der Waals surface area contributed by atoms with Gasteiger partial charge in [0.05, 0.1) is 5.41 Å². The molecule has 2 nitrogen and oxygen atoms in total. The Balaban J connectivity index is 2.07. The number of carbonyl (C=O) groups is 1. The van der Waals surface area contributed by atoms with E-state index in [-0.39, 0.29) is 0 Å². The maximum atomic E-state index is 11.3. The second-order valence-corrected chi connectivity index (χ2v) is 5.03. The van der Waals surface area contributed by atoms with Crippen LogP contribution in [0.15, 0.2) is 12.2 Å². The van der Waals surface area contributed by atoms with Gasteiger partial charge in [-0.15, -0.1) is 0 Å². The summed E-state index contributed by atoms with van der Waals surface area (Å²) in [5.41, 5.74) is 0.648. The third-order valence-electron chi connectivity index (χ3n) is 3.92. The Hall–Kier alpha value is -0.790. The monoisotopic (exact) mass is 194 g/mol. The molecule has 78 valence electrons. The van der Waals surface area contributed by atoms with Crippen LogP contribution in [0.5, 0.6) is 0 Å². The lowest BCUT2D eigenvalue weighted by molar-refractivity contribution is -0.149. The van der Waals surface area contributed by atoms with Gasteiger partial charge in [0.25, 0.3) is 0 Å². The Morgan fingerprint density at radius 1 is 1.50 bits per heavy atom. The van der Waals surface area contributed by atoms with Gasteiger partial charge in [0, 0.05) is 0 Å². The molecule has 1 N–H and O–H groups in total. The minimum absolute atomic E-state index is 0.444. The Morgan fingerprint density at radius 2 is 2.07 bits per heavy atom. The van der Waals surface area contributed by atoms with Gasteiger partial charge in [0.2, 0.25) is 0 Å². The van der Waals surface area contributed by atoms with E-state index in [1.165, 1.54) is 6.42 Å². The fraction of sp³-hybridized carbons (Fsp3) is 0.750. The van der Waals surface area contributed by atoms with Crippen molar-refractivity contribution in [3.63, 3.8) is 0 Å². The molecule has 2 aliphatic carbocycles. The Bertz CT molecular complexity index is 270. The fourth-order valence-electron chi connectivity index (χ4n) is 2.90. The normalized spacial score (nSPS) is 39.2. The second-order valence-electron chi connectivity index (χ2n) is 5.03. The molecule has 0 aliphatic heterocycles. The maximum Gasteiger partial charge on any atom is 0.309 e. The van der Waals surface area contributed by atoms with Gasteiger partial charge in [-0.2, -0.15) is 0 Å². The van der Waals surface area contributed by atoms with Crippen LogP contribution in [0.4, 0.5) is 0 Å². The van der Waals surface area contributed by atoms with Crippen LogP contribution in [0.25, 0.3) is 0 Å². The molecule has 0 amide bonds. The summed E-state index contributed by atoms with van der Waals surface area (Å²) in [6.07, 6.45) is 4.67. The number of hydrogen-bond donors (Lipinski definition) is 1. The van der Waals surface area contributed by atoms with Gasteiger partial charge in [0.15, 0.2) is 0 Å². The second kappa shape index (κ2) is 3.11. The highest BCUT2D eigenvalue weighted by Gasteiger charge is 2.57. The zero-order valence-corrected chi connectivity index (χ0v) is 8.75. The zero-order chi connectivity index (χ0) is 10.3.